The summed E-state index contributed by atoms with van der Waals surface area (Å²) in [6, 6.07) is -0.224. The lowest BCUT2D eigenvalue weighted by molar-refractivity contribution is 0.00797. The average Bonchev–Trinajstić information content (AvgIpc) is 3.40. The third-order valence-corrected chi connectivity index (χ3v) is 9.44. The number of carbonyl (C=O) groups excluding carboxylic acids is 1. The van der Waals surface area contributed by atoms with Gasteiger partial charge in [-0.25, -0.2) is 18.6 Å². The number of halogens is 3. The van der Waals surface area contributed by atoms with Crippen LogP contribution in [0.1, 0.15) is 66.0 Å². The van der Waals surface area contributed by atoms with Gasteiger partial charge in [0.2, 0.25) is 0 Å². The van der Waals surface area contributed by atoms with E-state index in [0.29, 0.717) is 55.8 Å². The summed E-state index contributed by atoms with van der Waals surface area (Å²) in [5.74, 6) is -0.135. The van der Waals surface area contributed by atoms with E-state index in [-0.39, 0.29) is 47.4 Å². The van der Waals surface area contributed by atoms with Crippen molar-refractivity contribution >= 4 is 34.4 Å². The van der Waals surface area contributed by atoms with E-state index in [1.54, 1.807) is 0 Å². The van der Waals surface area contributed by atoms with Crippen LogP contribution in [-0.2, 0) is 11.2 Å². The number of hydrogen-bond donors (Lipinski definition) is 0. The zero-order valence-corrected chi connectivity index (χ0v) is 25.2. The first-order valence-electron chi connectivity index (χ1n) is 14.7. The Labute approximate surface area is 244 Å². The molecule has 0 N–H and O–H groups in total. The summed E-state index contributed by atoms with van der Waals surface area (Å²) in [6.45, 7) is 12.1. The van der Waals surface area contributed by atoms with Gasteiger partial charge in [0.1, 0.15) is 29.7 Å². The first kappa shape index (κ1) is 28.6. The van der Waals surface area contributed by atoms with Gasteiger partial charge in [-0.2, -0.15) is 9.97 Å². The molecule has 0 radical (unpaired) electrons. The van der Waals surface area contributed by atoms with Gasteiger partial charge in [-0.05, 0) is 58.9 Å². The van der Waals surface area contributed by atoms with Crippen LogP contribution in [0.2, 0.25) is 5.15 Å². The molecule has 9 nitrogen and oxygen atoms in total. The molecule has 3 saturated heterocycles. The van der Waals surface area contributed by atoms with Crippen LogP contribution in [0.25, 0.3) is 10.9 Å². The highest BCUT2D eigenvalue weighted by Gasteiger charge is 2.50. The number of nitrogens with zero attached hydrogens (tertiary/aromatic N) is 6. The Bertz CT molecular complexity index is 1360. The first-order valence-corrected chi connectivity index (χ1v) is 15.1. The van der Waals surface area contributed by atoms with Crippen molar-refractivity contribution in [2.45, 2.75) is 96.1 Å². The van der Waals surface area contributed by atoms with Crippen LogP contribution < -0.4 is 9.64 Å². The molecular weight excluding hydrogens is 554 g/mol. The Morgan fingerprint density at radius 3 is 2.71 bits per heavy atom. The molecule has 3 fully saturated rings. The number of rotatable bonds is 4. The van der Waals surface area contributed by atoms with Gasteiger partial charge in [-0.15, -0.1) is 0 Å². The van der Waals surface area contributed by atoms with Crippen LogP contribution in [-0.4, -0.2) is 93.0 Å². The van der Waals surface area contributed by atoms with E-state index >= 15 is 4.39 Å². The maximum absolute atomic E-state index is 15.5. The fourth-order valence-electron chi connectivity index (χ4n) is 7.22. The predicted molar refractivity (Wildman–Crippen MR) is 152 cm³/mol. The molecule has 0 spiro atoms. The standard InChI is InChI=1S/C29H39ClF2N6O3/c1-6-18-13-38-20(14-37(18)27(39)41-28(3,4)5)16(2)10-19-21-23(22(32)24(30)33-19)34-26(35-25(21)38)40-15-29-8-7-9-36(29)12-17(31)11-29/h16-18,20H,6-15H2,1-5H3/t16-,17+,18+,20+,29-/m0/s1. The highest BCUT2D eigenvalue weighted by atomic mass is 35.5. The largest absolute Gasteiger partial charge is 0.461 e. The minimum atomic E-state index is -0.888. The van der Waals surface area contributed by atoms with Crippen molar-refractivity contribution < 1.29 is 23.0 Å². The van der Waals surface area contributed by atoms with Crippen molar-refractivity contribution in [1.29, 1.82) is 0 Å². The molecule has 224 valence electrons. The van der Waals surface area contributed by atoms with Crippen LogP contribution in [0.5, 0.6) is 6.01 Å². The van der Waals surface area contributed by atoms with E-state index in [0.717, 1.165) is 19.4 Å². The Kier molecular flexibility index (Phi) is 7.20. The molecule has 0 saturated carbocycles. The van der Waals surface area contributed by atoms with Crippen molar-refractivity contribution in [2.24, 2.45) is 5.92 Å². The molecule has 4 aliphatic heterocycles. The van der Waals surface area contributed by atoms with E-state index in [1.165, 1.54) is 0 Å². The van der Waals surface area contributed by atoms with E-state index in [2.05, 4.69) is 26.7 Å². The Hall–Kier alpha value is -2.53. The van der Waals surface area contributed by atoms with Gasteiger partial charge >= 0.3 is 12.1 Å². The van der Waals surface area contributed by atoms with E-state index in [9.17, 15) is 9.18 Å². The lowest BCUT2D eigenvalue weighted by Crippen LogP contribution is -2.62. The average molecular weight is 593 g/mol. The normalized spacial score (nSPS) is 29.9. The van der Waals surface area contributed by atoms with Crippen LogP contribution in [0.4, 0.5) is 19.4 Å². The van der Waals surface area contributed by atoms with E-state index in [4.69, 9.17) is 26.1 Å². The highest BCUT2D eigenvalue weighted by Crippen LogP contribution is 2.43. The molecule has 41 heavy (non-hydrogen) atoms. The minimum absolute atomic E-state index is 0.0408. The quantitative estimate of drug-likeness (QED) is 0.450. The smallest absolute Gasteiger partial charge is 0.410 e. The van der Waals surface area contributed by atoms with E-state index in [1.807, 2.05) is 32.6 Å². The van der Waals surface area contributed by atoms with Crippen LogP contribution in [0.15, 0.2) is 0 Å². The Balaban J connectivity index is 1.39. The SMILES string of the molecule is CC[C@@H]1CN2c3nc(OC[C@@]45CCCN4C[C@H](F)C5)nc4c(F)c(Cl)nc(c34)C[C@H](C)[C@H]2CN1C(=O)OC(C)(C)C. The van der Waals surface area contributed by atoms with Crippen molar-refractivity contribution in [3.8, 4) is 6.01 Å². The number of alkyl halides is 1. The van der Waals surface area contributed by atoms with E-state index < -0.39 is 23.1 Å². The summed E-state index contributed by atoms with van der Waals surface area (Å²) in [4.78, 5) is 33.2. The van der Waals surface area contributed by atoms with Crippen molar-refractivity contribution in [3.05, 3.63) is 16.7 Å². The number of fused-ring (bicyclic) bond motifs is 3. The maximum Gasteiger partial charge on any atom is 0.410 e. The number of ether oxygens (including phenoxy) is 2. The van der Waals surface area contributed by atoms with Crippen LogP contribution in [0.3, 0.4) is 0 Å². The zero-order valence-electron chi connectivity index (χ0n) is 24.4. The molecule has 6 heterocycles. The third kappa shape index (κ3) is 5.07. The van der Waals surface area contributed by atoms with Crippen molar-refractivity contribution in [3.63, 3.8) is 0 Å². The molecule has 2 aromatic heterocycles. The molecule has 0 aliphatic carbocycles. The second-order valence-electron chi connectivity index (χ2n) is 13.2. The van der Waals surface area contributed by atoms with Crippen LogP contribution in [0, 0.1) is 11.7 Å². The van der Waals surface area contributed by atoms with Crippen LogP contribution >= 0.6 is 11.6 Å². The first-order chi connectivity index (χ1) is 19.4. The number of aromatic nitrogens is 3. The molecule has 1 amide bonds. The lowest BCUT2D eigenvalue weighted by atomic mass is 9.92. The third-order valence-electron chi connectivity index (χ3n) is 9.19. The van der Waals surface area contributed by atoms with Gasteiger partial charge in [-0.1, -0.05) is 25.4 Å². The molecule has 4 aliphatic rings. The fraction of sp³-hybridized carbons (Fsp3) is 0.724. The number of carbonyl (C=O) groups is 1. The summed E-state index contributed by atoms with van der Waals surface area (Å²) in [6.07, 6.45) is 2.23. The Morgan fingerprint density at radius 1 is 1.20 bits per heavy atom. The van der Waals surface area contributed by atoms with Crippen molar-refractivity contribution in [1.82, 2.24) is 24.8 Å². The van der Waals surface area contributed by atoms with Gasteiger partial charge in [-0.3, -0.25) is 4.90 Å². The van der Waals surface area contributed by atoms with Gasteiger partial charge in [0.25, 0.3) is 0 Å². The summed E-state index contributed by atoms with van der Waals surface area (Å²) < 4.78 is 41.9. The number of piperazine rings is 1. The number of pyridine rings is 1. The molecular formula is C29H39ClF2N6O3. The molecule has 12 heteroatoms. The lowest BCUT2D eigenvalue weighted by Gasteiger charge is -2.48. The molecule has 0 bridgehead atoms. The Morgan fingerprint density at radius 2 is 1.98 bits per heavy atom. The second-order valence-corrected chi connectivity index (χ2v) is 13.5. The fourth-order valence-corrected chi connectivity index (χ4v) is 7.41. The van der Waals surface area contributed by atoms with Gasteiger partial charge in [0.15, 0.2) is 11.0 Å². The molecule has 0 unspecified atom stereocenters. The topological polar surface area (TPSA) is 83.9 Å². The predicted octanol–water partition coefficient (Wildman–Crippen LogP) is 5.17. The maximum atomic E-state index is 15.5. The van der Waals surface area contributed by atoms with Gasteiger partial charge < -0.3 is 19.3 Å². The summed E-state index contributed by atoms with van der Waals surface area (Å²) in [5.41, 5.74) is -0.305. The number of anilines is 1. The van der Waals surface area contributed by atoms with Gasteiger partial charge in [0, 0.05) is 26.1 Å². The van der Waals surface area contributed by atoms with Crippen molar-refractivity contribution in [2.75, 3.05) is 37.7 Å². The minimum Gasteiger partial charge on any atom is -0.461 e. The molecule has 6 rings (SSSR count). The number of hydrogen-bond acceptors (Lipinski definition) is 8. The molecule has 2 aromatic rings. The zero-order chi connectivity index (χ0) is 29.3. The van der Waals surface area contributed by atoms with Gasteiger partial charge in [0.05, 0.1) is 28.7 Å². The number of amides is 1. The molecule has 5 atom stereocenters. The second kappa shape index (κ2) is 10.3. The molecule has 0 aromatic carbocycles. The highest BCUT2D eigenvalue weighted by molar-refractivity contribution is 6.30. The summed E-state index contributed by atoms with van der Waals surface area (Å²) in [7, 11) is 0. The summed E-state index contributed by atoms with van der Waals surface area (Å²) in [5, 5.41) is 0.285. The monoisotopic (exact) mass is 592 g/mol. The summed E-state index contributed by atoms with van der Waals surface area (Å²) >= 11 is 6.28.